The smallest absolute Gasteiger partial charge is 0.305 e. The van der Waals surface area contributed by atoms with Crippen molar-refractivity contribution in [1.29, 1.82) is 0 Å². The molecule has 0 saturated carbocycles. The van der Waals surface area contributed by atoms with Crippen LogP contribution in [0.5, 0.6) is 0 Å². The maximum atomic E-state index is 11.0. The zero-order chi connectivity index (χ0) is 12.5. The van der Waals surface area contributed by atoms with E-state index in [1.165, 1.54) is 0 Å². The normalized spacial score (nSPS) is 22.2. The lowest BCUT2D eigenvalue weighted by atomic mass is 10.1. The summed E-state index contributed by atoms with van der Waals surface area (Å²) in [6.07, 6.45) is 7.83. The minimum atomic E-state index is -0.126. The van der Waals surface area contributed by atoms with Crippen LogP contribution in [0.3, 0.4) is 0 Å². The van der Waals surface area contributed by atoms with E-state index in [1.54, 1.807) is 0 Å². The summed E-state index contributed by atoms with van der Waals surface area (Å²) >= 11 is 0. The number of aldehydes is 1. The Morgan fingerprint density at radius 3 is 2.59 bits per heavy atom. The summed E-state index contributed by atoms with van der Waals surface area (Å²) in [5, 5.41) is 0. The molecule has 0 aromatic heterocycles. The Kier molecular flexibility index (Phi) is 6.86. The average Bonchev–Trinajstić information content (AvgIpc) is 3.07. The summed E-state index contributed by atoms with van der Waals surface area (Å²) < 4.78 is 9.97. The largest absolute Gasteiger partial charge is 0.466 e. The predicted octanol–water partition coefficient (Wildman–Crippen LogP) is 2.25. The second-order valence-corrected chi connectivity index (χ2v) is 4.39. The Labute approximate surface area is 103 Å². The van der Waals surface area contributed by atoms with Crippen LogP contribution in [0, 0.1) is 0 Å². The Hall–Kier alpha value is -0.900. The second-order valence-electron chi connectivity index (χ2n) is 4.39. The van der Waals surface area contributed by atoms with Gasteiger partial charge in [-0.25, -0.2) is 0 Å². The fraction of sp³-hybridized carbons (Fsp3) is 0.846. The zero-order valence-electron chi connectivity index (χ0n) is 10.5. The number of carbonyl (C=O) groups excluding carboxylic acids is 2. The molecule has 0 aromatic carbocycles. The predicted molar refractivity (Wildman–Crippen MR) is 63.7 cm³/mol. The van der Waals surface area contributed by atoms with Gasteiger partial charge in [-0.2, -0.15) is 0 Å². The number of rotatable bonds is 10. The number of carbonyl (C=O) groups is 2. The van der Waals surface area contributed by atoms with Crippen LogP contribution < -0.4 is 0 Å². The molecule has 0 spiro atoms. The number of esters is 1. The molecular weight excluding hydrogens is 220 g/mol. The van der Waals surface area contributed by atoms with E-state index in [0.717, 1.165) is 44.8 Å². The maximum Gasteiger partial charge on any atom is 0.305 e. The first-order valence-corrected chi connectivity index (χ1v) is 6.54. The molecule has 1 aliphatic heterocycles. The van der Waals surface area contributed by atoms with Crippen molar-refractivity contribution in [3.8, 4) is 0 Å². The molecule has 1 aliphatic rings. The molecule has 0 N–H and O–H groups in total. The fourth-order valence-corrected chi connectivity index (χ4v) is 1.89. The van der Waals surface area contributed by atoms with E-state index in [4.69, 9.17) is 9.47 Å². The Bertz CT molecular complexity index is 240. The first kappa shape index (κ1) is 14.2. The lowest BCUT2D eigenvalue weighted by Gasteiger charge is -2.01. The van der Waals surface area contributed by atoms with Gasteiger partial charge in [0.1, 0.15) is 6.10 Å². The lowest BCUT2D eigenvalue weighted by Crippen LogP contribution is -2.03. The Morgan fingerprint density at radius 1 is 1.24 bits per heavy atom. The van der Waals surface area contributed by atoms with Crippen LogP contribution in [0.2, 0.25) is 0 Å². The highest BCUT2D eigenvalue weighted by Gasteiger charge is 2.37. The van der Waals surface area contributed by atoms with Crippen LogP contribution in [0.15, 0.2) is 0 Å². The number of unbranched alkanes of at least 4 members (excludes halogenated alkanes) is 4. The highest BCUT2D eigenvalue weighted by atomic mass is 16.6. The van der Waals surface area contributed by atoms with Gasteiger partial charge in [-0.15, -0.1) is 0 Å². The molecule has 2 unspecified atom stereocenters. The van der Waals surface area contributed by atoms with Gasteiger partial charge in [-0.1, -0.05) is 25.7 Å². The van der Waals surface area contributed by atoms with Gasteiger partial charge in [-0.3, -0.25) is 4.79 Å². The van der Waals surface area contributed by atoms with Crippen molar-refractivity contribution in [2.75, 3.05) is 6.61 Å². The first-order valence-electron chi connectivity index (χ1n) is 6.54. The summed E-state index contributed by atoms with van der Waals surface area (Å²) in [4.78, 5) is 21.3. The van der Waals surface area contributed by atoms with Gasteiger partial charge >= 0.3 is 5.97 Å². The van der Waals surface area contributed by atoms with Crippen LogP contribution in [0.25, 0.3) is 0 Å². The molecule has 0 radical (unpaired) electrons. The summed E-state index contributed by atoms with van der Waals surface area (Å²) in [6, 6.07) is 0. The lowest BCUT2D eigenvalue weighted by molar-refractivity contribution is -0.143. The quantitative estimate of drug-likeness (QED) is 0.255. The molecule has 0 amide bonds. The molecule has 2 atom stereocenters. The van der Waals surface area contributed by atoms with Crippen LogP contribution >= 0.6 is 0 Å². The van der Waals surface area contributed by atoms with E-state index in [2.05, 4.69) is 0 Å². The number of epoxide rings is 1. The van der Waals surface area contributed by atoms with Crippen molar-refractivity contribution in [1.82, 2.24) is 0 Å². The Balaban J connectivity index is 1.79. The highest BCUT2D eigenvalue weighted by molar-refractivity contribution is 5.69. The van der Waals surface area contributed by atoms with E-state index in [0.29, 0.717) is 13.0 Å². The van der Waals surface area contributed by atoms with Gasteiger partial charge in [0.2, 0.25) is 0 Å². The van der Waals surface area contributed by atoms with Gasteiger partial charge in [0.15, 0.2) is 6.29 Å². The summed E-state index contributed by atoms with van der Waals surface area (Å²) in [5.74, 6) is -0.0901. The first-order chi connectivity index (χ1) is 8.27. The molecule has 1 heterocycles. The third kappa shape index (κ3) is 6.41. The van der Waals surface area contributed by atoms with Crippen LogP contribution in [-0.2, 0) is 19.1 Å². The number of ether oxygens (including phenoxy) is 2. The van der Waals surface area contributed by atoms with Crippen molar-refractivity contribution in [3.05, 3.63) is 0 Å². The molecule has 1 fully saturated rings. The van der Waals surface area contributed by atoms with E-state index in [9.17, 15) is 9.59 Å². The minimum absolute atomic E-state index is 0.0901. The van der Waals surface area contributed by atoms with Crippen molar-refractivity contribution < 1.29 is 19.1 Å². The molecule has 1 rings (SSSR count). The Morgan fingerprint density at radius 2 is 1.94 bits per heavy atom. The average molecular weight is 242 g/mol. The molecule has 4 nitrogen and oxygen atoms in total. The summed E-state index contributed by atoms with van der Waals surface area (Å²) in [7, 11) is 0. The molecule has 1 saturated heterocycles. The molecule has 17 heavy (non-hydrogen) atoms. The van der Waals surface area contributed by atoms with Crippen LogP contribution in [-0.4, -0.2) is 31.1 Å². The monoisotopic (exact) mass is 242 g/mol. The van der Waals surface area contributed by atoms with E-state index < -0.39 is 0 Å². The van der Waals surface area contributed by atoms with E-state index >= 15 is 0 Å². The molecule has 0 aliphatic carbocycles. The zero-order valence-corrected chi connectivity index (χ0v) is 10.5. The van der Waals surface area contributed by atoms with Crippen LogP contribution in [0.4, 0.5) is 0 Å². The molecule has 98 valence electrons. The van der Waals surface area contributed by atoms with E-state index in [1.807, 2.05) is 6.92 Å². The standard InChI is InChI=1S/C13H22O4/c1-2-16-13(15)9-7-5-3-4-6-8-11-12(10-14)17-11/h10-12H,2-9H2,1H3. The number of hydrogen-bond donors (Lipinski definition) is 0. The second kappa shape index (κ2) is 8.23. The molecular formula is C13H22O4. The minimum Gasteiger partial charge on any atom is -0.466 e. The van der Waals surface area contributed by atoms with Crippen molar-refractivity contribution in [2.45, 2.75) is 64.1 Å². The topological polar surface area (TPSA) is 55.9 Å². The van der Waals surface area contributed by atoms with Gasteiger partial charge in [0.25, 0.3) is 0 Å². The summed E-state index contributed by atoms with van der Waals surface area (Å²) in [5.41, 5.74) is 0. The van der Waals surface area contributed by atoms with Gasteiger partial charge in [-0.05, 0) is 19.8 Å². The van der Waals surface area contributed by atoms with Crippen LogP contribution in [0.1, 0.15) is 51.9 Å². The fourth-order valence-electron chi connectivity index (χ4n) is 1.89. The summed E-state index contributed by atoms with van der Waals surface area (Å²) in [6.45, 7) is 2.29. The number of hydrogen-bond acceptors (Lipinski definition) is 4. The molecule has 0 bridgehead atoms. The third-order valence-corrected chi connectivity index (χ3v) is 2.93. The van der Waals surface area contributed by atoms with Crippen molar-refractivity contribution in [2.24, 2.45) is 0 Å². The molecule has 0 aromatic rings. The SMILES string of the molecule is CCOC(=O)CCCCCCCC1OC1C=O. The molecule has 4 heteroatoms. The third-order valence-electron chi connectivity index (χ3n) is 2.93. The maximum absolute atomic E-state index is 11.0. The van der Waals surface area contributed by atoms with E-state index in [-0.39, 0.29) is 18.2 Å². The highest BCUT2D eigenvalue weighted by Crippen LogP contribution is 2.25. The van der Waals surface area contributed by atoms with Gasteiger partial charge in [0.05, 0.1) is 12.7 Å². The van der Waals surface area contributed by atoms with Crippen molar-refractivity contribution in [3.63, 3.8) is 0 Å². The van der Waals surface area contributed by atoms with Crippen molar-refractivity contribution >= 4 is 12.3 Å². The van der Waals surface area contributed by atoms with Gasteiger partial charge < -0.3 is 14.3 Å². The van der Waals surface area contributed by atoms with Gasteiger partial charge in [0, 0.05) is 6.42 Å².